The lowest BCUT2D eigenvalue weighted by Crippen LogP contribution is -2.21. The van der Waals surface area contributed by atoms with Crippen LogP contribution in [0, 0.1) is 0 Å². The zero-order chi connectivity index (χ0) is 18.8. The van der Waals surface area contributed by atoms with Gasteiger partial charge in [0.2, 0.25) is 12.7 Å². The first-order valence-electron chi connectivity index (χ1n) is 8.54. The van der Waals surface area contributed by atoms with Crippen LogP contribution in [-0.2, 0) is 14.4 Å². The fraction of sp³-hybridized carbons (Fsp3) is 0.350. The number of allylic oxidation sites excluding steroid dienone is 4. The highest BCUT2D eigenvalue weighted by atomic mass is 16.7. The molecule has 1 heterocycles. The molecular formula is C20H21NO5. The zero-order valence-corrected chi connectivity index (χ0v) is 15.1. The first-order valence-corrected chi connectivity index (χ1v) is 8.54. The predicted octanol–water partition coefficient (Wildman–Crippen LogP) is 3.33. The molecule has 0 radical (unpaired) electrons. The van der Waals surface area contributed by atoms with Crippen molar-refractivity contribution in [3.63, 3.8) is 0 Å². The summed E-state index contributed by atoms with van der Waals surface area (Å²) >= 11 is 0. The maximum absolute atomic E-state index is 12.4. The van der Waals surface area contributed by atoms with Crippen LogP contribution >= 0.6 is 0 Å². The number of ether oxygens (including phenoxy) is 2. The molecule has 136 valence electrons. The minimum absolute atomic E-state index is 0.0816. The molecule has 1 aromatic carbocycles. The van der Waals surface area contributed by atoms with Gasteiger partial charge in [0.05, 0.1) is 0 Å². The Hall–Kier alpha value is -2.89. The molecule has 1 amide bonds. The average molecular weight is 355 g/mol. The van der Waals surface area contributed by atoms with Gasteiger partial charge in [0.1, 0.15) is 0 Å². The molecule has 26 heavy (non-hydrogen) atoms. The van der Waals surface area contributed by atoms with E-state index in [-0.39, 0.29) is 30.7 Å². The standard InChI is InChI=1S/C20H21NO5/c1-11-12(2)20(24)15(13(3)19(11)23)5-4-6-18(22)21-14-7-8-16-17(9-14)26-10-25-16/h7-9H,4-6,10H2,1-3H3,(H,21,22). The van der Waals surface area contributed by atoms with Gasteiger partial charge >= 0.3 is 0 Å². The van der Waals surface area contributed by atoms with Crippen LogP contribution in [0.2, 0.25) is 0 Å². The first kappa shape index (κ1) is 17.9. The van der Waals surface area contributed by atoms with Crippen LogP contribution in [0.3, 0.4) is 0 Å². The molecule has 2 aliphatic rings. The van der Waals surface area contributed by atoms with E-state index in [0.29, 0.717) is 52.3 Å². The molecule has 0 saturated heterocycles. The Balaban J connectivity index is 1.55. The van der Waals surface area contributed by atoms with Gasteiger partial charge in [0.15, 0.2) is 23.1 Å². The van der Waals surface area contributed by atoms with E-state index in [0.717, 1.165) is 0 Å². The Kier molecular flexibility index (Phi) is 4.93. The van der Waals surface area contributed by atoms with Crippen molar-refractivity contribution < 1.29 is 23.9 Å². The molecule has 6 nitrogen and oxygen atoms in total. The van der Waals surface area contributed by atoms with E-state index in [2.05, 4.69) is 5.32 Å². The van der Waals surface area contributed by atoms with E-state index < -0.39 is 0 Å². The predicted molar refractivity (Wildman–Crippen MR) is 96.1 cm³/mol. The van der Waals surface area contributed by atoms with Gasteiger partial charge < -0.3 is 14.8 Å². The van der Waals surface area contributed by atoms with E-state index in [1.54, 1.807) is 39.0 Å². The van der Waals surface area contributed by atoms with Crippen LogP contribution in [0.15, 0.2) is 40.5 Å². The van der Waals surface area contributed by atoms with Crippen molar-refractivity contribution in [3.8, 4) is 11.5 Å². The van der Waals surface area contributed by atoms with E-state index in [1.165, 1.54) is 0 Å². The molecule has 3 rings (SSSR count). The van der Waals surface area contributed by atoms with Gasteiger partial charge in [-0.05, 0) is 45.7 Å². The fourth-order valence-corrected chi connectivity index (χ4v) is 3.08. The summed E-state index contributed by atoms with van der Waals surface area (Å²) in [7, 11) is 0. The Morgan fingerprint density at radius 2 is 1.69 bits per heavy atom. The van der Waals surface area contributed by atoms with Crippen molar-refractivity contribution in [2.75, 3.05) is 12.1 Å². The molecule has 0 saturated carbocycles. The van der Waals surface area contributed by atoms with Crippen molar-refractivity contribution >= 4 is 23.2 Å². The van der Waals surface area contributed by atoms with Crippen molar-refractivity contribution in [3.05, 3.63) is 40.5 Å². The summed E-state index contributed by atoms with van der Waals surface area (Å²) in [6.45, 7) is 5.21. The molecule has 0 unspecified atom stereocenters. The number of carbonyl (C=O) groups is 3. The molecule has 1 N–H and O–H groups in total. The maximum Gasteiger partial charge on any atom is 0.231 e. The Morgan fingerprint density at radius 1 is 1.00 bits per heavy atom. The number of carbonyl (C=O) groups excluding carboxylic acids is 3. The summed E-state index contributed by atoms with van der Waals surface area (Å²) in [6, 6.07) is 5.21. The SMILES string of the molecule is CC1=C(C)C(=O)C(CCCC(=O)Nc2ccc3c(c2)OCO3)=C(C)C1=O. The molecule has 0 spiro atoms. The molecule has 1 aromatic rings. The average Bonchev–Trinajstić information content (AvgIpc) is 3.09. The highest BCUT2D eigenvalue weighted by Crippen LogP contribution is 2.34. The second-order valence-corrected chi connectivity index (χ2v) is 6.48. The van der Waals surface area contributed by atoms with E-state index >= 15 is 0 Å². The van der Waals surface area contributed by atoms with Gasteiger partial charge in [0.25, 0.3) is 0 Å². The van der Waals surface area contributed by atoms with Crippen LogP contribution in [0.5, 0.6) is 11.5 Å². The Morgan fingerprint density at radius 3 is 2.46 bits per heavy atom. The Labute approximate surface area is 151 Å². The third-order valence-electron chi connectivity index (χ3n) is 4.80. The largest absolute Gasteiger partial charge is 0.454 e. The number of rotatable bonds is 5. The van der Waals surface area contributed by atoms with Gasteiger partial charge in [0, 0.05) is 40.5 Å². The highest BCUT2D eigenvalue weighted by Gasteiger charge is 2.27. The van der Waals surface area contributed by atoms with Crippen molar-refractivity contribution in [2.24, 2.45) is 0 Å². The van der Waals surface area contributed by atoms with Crippen LogP contribution in [0.4, 0.5) is 5.69 Å². The number of ketones is 2. The maximum atomic E-state index is 12.4. The minimum Gasteiger partial charge on any atom is -0.454 e. The molecule has 0 fully saturated rings. The van der Waals surface area contributed by atoms with Gasteiger partial charge in [-0.3, -0.25) is 14.4 Å². The number of anilines is 1. The van der Waals surface area contributed by atoms with Crippen molar-refractivity contribution in [1.82, 2.24) is 0 Å². The van der Waals surface area contributed by atoms with Crippen LogP contribution in [0.25, 0.3) is 0 Å². The van der Waals surface area contributed by atoms with Crippen molar-refractivity contribution in [2.45, 2.75) is 40.0 Å². The molecule has 1 aliphatic heterocycles. The lowest BCUT2D eigenvalue weighted by atomic mass is 9.84. The number of amides is 1. The summed E-state index contributed by atoms with van der Waals surface area (Å²) in [6.07, 6.45) is 1.17. The van der Waals surface area contributed by atoms with E-state index in [1.807, 2.05) is 0 Å². The second kappa shape index (κ2) is 7.15. The lowest BCUT2D eigenvalue weighted by molar-refractivity contribution is -0.117. The molecule has 1 aliphatic carbocycles. The van der Waals surface area contributed by atoms with Gasteiger partial charge in [-0.1, -0.05) is 0 Å². The Bertz CT molecular complexity index is 863. The van der Waals surface area contributed by atoms with E-state index in [4.69, 9.17) is 9.47 Å². The third-order valence-corrected chi connectivity index (χ3v) is 4.80. The summed E-state index contributed by atoms with van der Waals surface area (Å²) in [4.78, 5) is 36.7. The van der Waals surface area contributed by atoms with Gasteiger partial charge in [-0.15, -0.1) is 0 Å². The molecule has 0 bridgehead atoms. The second-order valence-electron chi connectivity index (χ2n) is 6.48. The fourth-order valence-electron chi connectivity index (χ4n) is 3.08. The number of Topliss-reactive ketones (excluding diaryl/α,β-unsaturated/α-hetero) is 2. The first-order chi connectivity index (χ1) is 12.4. The number of nitrogens with one attached hydrogen (secondary N) is 1. The summed E-state index contributed by atoms with van der Waals surface area (Å²) in [5, 5.41) is 2.80. The molecular weight excluding hydrogens is 334 g/mol. The number of hydrogen-bond acceptors (Lipinski definition) is 5. The quantitative estimate of drug-likeness (QED) is 0.819. The molecule has 0 aromatic heterocycles. The summed E-state index contributed by atoms with van der Waals surface area (Å²) in [5.74, 6) is 0.940. The van der Waals surface area contributed by atoms with Gasteiger partial charge in [-0.25, -0.2) is 0 Å². The monoisotopic (exact) mass is 355 g/mol. The number of benzene rings is 1. The van der Waals surface area contributed by atoms with Crippen LogP contribution in [0.1, 0.15) is 40.0 Å². The third kappa shape index (κ3) is 3.40. The lowest BCUT2D eigenvalue weighted by Gasteiger charge is -2.18. The summed E-state index contributed by atoms with van der Waals surface area (Å²) in [5.41, 5.74) is 2.66. The number of hydrogen-bond donors (Lipinski definition) is 1. The normalized spacial score (nSPS) is 16.4. The number of fused-ring (bicyclic) bond motifs is 1. The molecule has 0 atom stereocenters. The zero-order valence-electron chi connectivity index (χ0n) is 15.1. The van der Waals surface area contributed by atoms with E-state index in [9.17, 15) is 14.4 Å². The van der Waals surface area contributed by atoms with Gasteiger partial charge in [-0.2, -0.15) is 0 Å². The topological polar surface area (TPSA) is 81.7 Å². The molecule has 6 heteroatoms. The smallest absolute Gasteiger partial charge is 0.231 e. The van der Waals surface area contributed by atoms with Crippen LogP contribution < -0.4 is 14.8 Å². The summed E-state index contributed by atoms with van der Waals surface area (Å²) < 4.78 is 10.5. The minimum atomic E-state index is -0.153. The van der Waals surface area contributed by atoms with Crippen molar-refractivity contribution in [1.29, 1.82) is 0 Å². The van der Waals surface area contributed by atoms with Crippen LogP contribution in [-0.4, -0.2) is 24.3 Å². The highest BCUT2D eigenvalue weighted by molar-refractivity contribution is 6.24.